The van der Waals surface area contributed by atoms with E-state index in [1.165, 1.54) is 6.07 Å². The molecule has 1 aromatic heterocycles. The lowest BCUT2D eigenvalue weighted by Crippen LogP contribution is -2.33. The van der Waals surface area contributed by atoms with Crippen LogP contribution in [0.2, 0.25) is 0 Å². The number of aromatic nitrogens is 2. The largest absolute Gasteiger partial charge is 0.455 e. The number of allylic oxidation sites excluding steroid dienone is 3. The number of rotatable bonds is 10. The van der Waals surface area contributed by atoms with Crippen LogP contribution in [0.1, 0.15) is 31.7 Å². The molecular weight excluding hydrogens is 462 g/mol. The topological polar surface area (TPSA) is 213 Å². The average molecular weight is 479 g/mol. The van der Waals surface area contributed by atoms with Crippen molar-refractivity contribution in [2.24, 2.45) is 0 Å². The minimum atomic E-state index is -1.56. The molecule has 0 spiro atoms. The fraction of sp³-hybridized carbons (Fsp3) is 0.389. The highest BCUT2D eigenvalue weighted by Crippen LogP contribution is 2.44. The summed E-state index contributed by atoms with van der Waals surface area (Å²) in [6, 6.07) is 4.64. The van der Waals surface area contributed by atoms with Gasteiger partial charge in [0.2, 0.25) is 0 Å². The second-order valence-corrected chi connectivity index (χ2v) is 7.27. The maximum atomic E-state index is 13.2. The standard InChI is InChI=1S/C18H17N5O11/c1-9-6-10(2)17(21(25)26)15(12-4-3-5-13-16(12)20-34-19-13)14(9)18(24)33-11(7-31-22(27)28)8-32-23(29)30/h3-5,11,15H,6-8H2,1-2H3. The summed E-state index contributed by atoms with van der Waals surface area (Å²) < 4.78 is 9.95. The molecule has 0 N–H and O–H groups in total. The zero-order chi connectivity index (χ0) is 25.0. The molecule has 0 radical (unpaired) electrons. The molecular formula is C18H17N5O11. The van der Waals surface area contributed by atoms with E-state index in [1.54, 1.807) is 26.0 Å². The van der Waals surface area contributed by atoms with Gasteiger partial charge >= 0.3 is 5.97 Å². The summed E-state index contributed by atoms with van der Waals surface area (Å²) in [6.45, 7) is 1.41. The van der Waals surface area contributed by atoms with Crippen LogP contribution >= 0.6 is 0 Å². The Balaban J connectivity index is 2.04. The third-order valence-corrected chi connectivity index (χ3v) is 5.04. The molecule has 0 bridgehead atoms. The number of ether oxygens (including phenoxy) is 1. The molecule has 0 aliphatic heterocycles. The molecule has 3 rings (SSSR count). The first-order valence-corrected chi connectivity index (χ1v) is 9.60. The van der Waals surface area contributed by atoms with E-state index in [0.29, 0.717) is 16.7 Å². The third-order valence-electron chi connectivity index (χ3n) is 5.04. The Morgan fingerprint density at radius 2 is 1.74 bits per heavy atom. The highest BCUT2D eigenvalue weighted by molar-refractivity contribution is 5.94. The van der Waals surface area contributed by atoms with E-state index in [9.17, 15) is 35.1 Å². The van der Waals surface area contributed by atoms with Gasteiger partial charge in [0.15, 0.2) is 0 Å². The molecule has 1 aliphatic carbocycles. The summed E-state index contributed by atoms with van der Waals surface area (Å²) in [5.41, 5.74) is 1.14. The molecule has 2 aromatic rings. The van der Waals surface area contributed by atoms with Gasteiger partial charge in [-0.25, -0.2) is 9.42 Å². The Hall–Kier alpha value is -4.63. The van der Waals surface area contributed by atoms with Crippen LogP contribution in [0.25, 0.3) is 11.0 Å². The number of nitrogens with zero attached hydrogens (tertiary/aromatic N) is 5. The number of carbonyl (C=O) groups excluding carboxylic acids is 1. The van der Waals surface area contributed by atoms with Crippen molar-refractivity contribution in [1.82, 2.24) is 10.3 Å². The van der Waals surface area contributed by atoms with E-state index in [0.717, 1.165) is 0 Å². The Morgan fingerprint density at radius 1 is 1.09 bits per heavy atom. The van der Waals surface area contributed by atoms with Crippen LogP contribution in [0.5, 0.6) is 0 Å². The van der Waals surface area contributed by atoms with Crippen LogP contribution in [0.3, 0.4) is 0 Å². The van der Waals surface area contributed by atoms with Crippen LogP contribution in [0, 0.1) is 30.3 Å². The SMILES string of the molecule is CC1=C(C(=O)OC(CO[N+](=O)[O-])CO[N+](=O)[O-])C(c2cccc3nonc23)C([N+](=O)[O-])=C(C)C1. The molecule has 0 amide bonds. The van der Waals surface area contributed by atoms with Crippen molar-refractivity contribution in [3.8, 4) is 0 Å². The number of esters is 1. The van der Waals surface area contributed by atoms with Gasteiger partial charge in [0.1, 0.15) is 36.3 Å². The van der Waals surface area contributed by atoms with E-state index in [-0.39, 0.29) is 28.8 Å². The maximum absolute atomic E-state index is 13.2. The quantitative estimate of drug-likeness (QED) is 0.271. The zero-order valence-electron chi connectivity index (χ0n) is 17.7. The Morgan fingerprint density at radius 3 is 2.32 bits per heavy atom. The monoisotopic (exact) mass is 479 g/mol. The molecule has 1 unspecified atom stereocenters. The van der Waals surface area contributed by atoms with Gasteiger partial charge in [-0.05, 0) is 36.6 Å². The lowest BCUT2D eigenvalue weighted by atomic mass is 9.78. The predicted molar refractivity (Wildman–Crippen MR) is 107 cm³/mol. The van der Waals surface area contributed by atoms with Crippen molar-refractivity contribution in [2.75, 3.05) is 13.2 Å². The molecule has 1 atom stereocenters. The molecule has 1 aliphatic rings. The Labute approximate surface area is 189 Å². The number of benzene rings is 1. The van der Waals surface area contributed by atoms with Crippen molar-refractivity contribution in [2.45, 2.75) is 32.3 Å². The van der Waals surface area contributed by atoms with Gasteiger partial charge < -0.3 is 14.4 Å². The highest BCUT2D eigenvalue weighted by Gasteiger charge is 2.42. The predicted octanol–water partition coefficient (Wildman–Crippen LogP) is 1.91. The van der Waals surface area contributed by atoms with Crippen molar-refractivity contribution >= 4 is 17.0 Å². The summed E-state index contributed by atoms with van der Waals surface area (Å²) in [7, 11) is 0. The maximum Gasteiger partial charge on any atom is 0.335 e. The summed E-state index contributed by atoms with van der Waals surface area (Å²) in [6.07, 6.45) is -1.48. The van der Waals surface area contributed by atoms with Crippen LogP contribution in [-0.2, 0) is 19.2 Å². The summed E-state index contributed by atoms with van der Waals surface area (Å²) in [5, 5.41) is 38.2. The molecule has 16 nitrogen and oxygen atoms in total. The average Bonchev–Trinajstić information content (AvgIpc) is 3.23. The highest BCUT2D eigenvalue weighted by atomic mass is 17.0. The number of carbonyl (C=O) groups is 1. The lowest BCUT2D eigenvalue weighted by Gasteiger charge is -2.27. The van der Waals surface area contributed by atoms with Gasteiger partial charge in [-0.15, -0.1) is 20.2 Å². The summed E-state index contributed by atoms with van der Waals surface area (Å²) in [4.78, 5) is 54.0. The normalized spacial score (nSPS) is 16.0. The van der Waals surface area contributed by atoms with Crippen molar-refractivity contribution in [3.63, 3.8) is 0 Å². The van der Waals surface area contributed by atoms with Crippen molar-refractivity contribution < 1.29 is 38.9 Å². The molecule has 0 saturated heterocycles. The summed E-state index contributed by atoms with van der Waals surface area (Å²) in [5.74, 6) is -2.34. The minimum absolute atomic E-state index is 0.0751. The minimum Gasteiger partial charge on any atom is -0.455 e. The number of nitro groups is 1. The van der Waals surface area contributed by atoms with E-state index < -0.39 is 46.3 Å². The fourth-order valence-electron chi connectivity index (χ4n) is 3.75. The van der Waals surface area contributed by atoms with Crippen LogP contribution in [0.15, 0.2) is 45.2 Å². The van der Waals surface area contributed by atoms with Gasteiger partial charge in [0.05, 0.1) is 10.5 Å². The molecule has 180 valence electrons. The molecule has 1 aromatic carbocycles. The third kappa shape index (κ3) is 5.05. The second kappa shape index (κ2) is 9.88. The van der Waals surface area contributed by atoms with E-state index >= 15 is 0 Å². The van der Waals surface area contributed by atoms with E-state index in [1.807, 2.05) is 0 Å². The van der Waals surface area contributed by atoms with Crippen LogP contribution in [0.4, 0.5) is 0 Å². The van der Waals surface area contributed by atoms with Crippen molar-refractivity contribution in [3.05, 3.63) is 76.5 Å². The van der Waals surface area contributed by atoms with Gasteiger partial charge in [0, 0.05) is 11.1 Å². The molecule has 0 saturated carbocycles. The first-order valence-electron chi connectivity index (χ1n) is 9.60. The molecule has 1 heterocycles. The number of fused-ring (bicyclic) bond motifs is 1. The fourth-order valence-corrected chi connectivity index (χ4v) is 3.75. The second-order valence-electron chi connectivity index (χ2n) is 7.27. The van der Waals surface area contributed by atoms with Gasteiger partial charge in [-0.3, -0.25) is 10.1 Å². The smallest absolute Gasteiger partial charge is 0.335 e. The molecule has 0 fully saturated rings. The van der Waals surface area contributed by atoms with E-state index in [4.69, 9.17) is 9.37 Å². The molecule has 34 heavy (non-hydrogen) atoms. The van der Waals surface area contributed by atoms with Crippen LogP contribution in [-0.4, -0.2) is 50.7 Å². The Kier molecular flexibility index (Phi) is 6.98. The first kappa shape index (κ1) is 24.0. The van der Waals surface area contributed by atoms with Gasteiger partial charge in [-0.1, -0.05) is 17.7 Å². The lowest BCUT2D eigenvalue weighted by molar-refractivity contribution is -0.768. The zero-order valence-corrected chi connectivity index (χ0v) is 17.7. The first-order chi connectivity index (χ1) is 16.1. The number of hydrogen-bond acceptors (Lipinski definition) is 13. The van der Waals surface area contributed by atoms with E-state index in [2.05, 4.69) is 20.0 Å². The molecule has 16 heteroatoms. The van der Waals surface area contributed by atoms with Gasteiger partial charge in [-0.2, -0.15) is 0 Å². The number of hydrogen-bond donors (Lipinski definition) is 0. The summed E-state index contributed by atoms with van der Waals surface area (Å²) >= 11 is 0. The Bertz CT molecular complexity index is 1200. The van der Waals surface area contributed by atoms with Gasteiger partial charge in [0.25, 0.3) is 15.9 Å². The van der Waals surface area contributed by atoms with Crippen LogP contribution < -0.4 is 0 Å². The van der Waals surface area contributed by atoms with Crippen molar-refractivity contribution in [1.29, 1.82) is 0 Å².